The molecule has 38 heavy (non-hydrogen) atoms. The van der Waals surface area contributed by atoms with Crippen molar-refractivity contribution in [2.75, 3.05) is 42.1 Å². The standard InChI is InChI=1S/C28H24BrClN4O2S2/c29-24-4-2-1-3-23(24)27(36)34-15-13-33(14-16-34)22-11-9-21(10-12-22)31-26(35)18-38-28-32-25(17-37-28)19-5-7-20(30)8-6-19/h1-12,17H,13-16,18H2,(H,31,35). The van der Waals surface area contributed by atoms with Crippen LogP contribution in [0.3, 0.4) is 0 Å². The molecule has 1 aromatic heterocycles. The predicted octanol–water partition coefficient (Wildman–Crippen LogP) is 6.92. The molecule has 194 valence electrons. The highest BCUT2D eigenvalue weighted by Crippen LogP contribution is 2.29. The van der Waals surface area contributed by atoms with Crippen LogP contribution in [-0.2, 0) is 4.79 Å². The summed E-state index contributed by atoms with van der Waals surface area (Å²) in [5.41, 5.74) is 4.39. The molecule has 6 nitrogen and oxygen atoms in total. The Balaban J connectivity index is 1.09. The third-order valence-electron chi connectivity index (χ3n) is 6.14. The number of benzene rings is 3. The van der Waals surface area contributed by atoms with E-state index >= 15 is 0 Å². The van der Waals surface area contributed by atoms with Crippen molar-refractivity contribution in [3.63, 3.8) is 0 Å². The number of piperazine rings is 1. The molecule has 0 unspecified atom stereocenters. The number of anilines is 2. The van der Waals surface area contributed by atoms with Crippen LogP contribution in [-0.4, -0.2) is 53.6 Å². The molecule has 5 rings (SSSR count). The highest BCUT2D eigenvalue weighted by molar-refractivity contribution is 9.10. The zero-order valence-corrected chi connectivity index (χ0v) is 24.2. The van der Waals surface area contributed by atoms with Gasteiger partial charge in [0.15, 0.2) is 4.34 Å². The fourth-order valence-corrected chi connectivity index (χ4v) is 6.35. The first-order valence-electron chi connectivity index (χ1n) is 12.0. The number of amides is 2. The lowest BCUT2D eigenvalue weighted by Crippen LogP contribution is -2.48. The average Bonchev–Trinajstić information content (AvgIpc) is 3.42. The first-order valence-corrected chi connectivity index (χ1v) is 15.0. The van der Waals surface area contributed by atoms with Crippen molar-refractivity contribution >= 4 is 73.8 Å². The molecular weight excluding hydrogens is 604 g/mol. The van der Waals surface area contributed by atoms with Gasteiger partial charge in [-0.3, -0.25) is 9.59 Å². The Morgan fingerprint density at radius 2 is 1.68 bits per heavy atom. The maximum atomic E-state index is 12.9. The van der Waals surface area contributed by atoms with E-state index in [1.807, 2.05) is 83.1 Å². The largest absolute Gasteiger partial charge is 0.368 e. The summed E-state index contributed by atoms with van der Waals surface area (Å²) in [6.45, 7) is 2.83. The molecule has 0 spiro atoms. The summed E-state index contributed by atoms with van der Waals surface area (Å²) in [5, 5.41) is 5.63. The summed E-state index contributed by atoms with van der Waals surface area (Å²) in [5.74, 6) is 0.250. The Morgan fingerprint density at radius 1 is 0.974 bits per heavy atom. The highest BCUT2D eigenvalue weighted by Gasteiger charge is 2.23. The van der Waals surface area contributed by atoms with Crippen molar-refractivity contribution in [1.29, 1.82) is 0 Å². The van der Waals surface area contributed by atoms with E-state index in [2.05, 4.69) is 31.1 Å². The molecule has 0 radical (unpaired) electrons. The van der Waals surface area contributed by atoms with Crippen LogP contribution in [0, 0.1) is 0 Å². The van der Waals surface area contributed by atoms with Crippen LogP contribution in [0.25, 0.3) is 11.3 Å². The van der Waals surface area contributed by atoms with Crippen molar-refractivity contribution < 1.29 is 9.59 Å². The van der Waals surface area contributed by atoms with Crippen LogP contribution in [0.1, 0.15) is 10.4 Å². The smallest absolute Gasteiger partial charge is 0.255 e. The first-order chi connectivity index (χ1) is 18.5. The third kappa shape index (κ3) is 6.58. The van der Waals surface area contributed by atoms with Gasteiger partial charge in [0, 0.05) is 58.0 Å². The SMILES string of the molecule is O=C(CSc1nc(-c2ccc(Cl)cc2)cs1)Nc1ccc(N2CCN(C(=O)c3ccccc3Br)CC2)cc1. The number of carbonyl (C=O) groups is 2. The average molecular weight is 628 g/mol. The Labute approximate surface area is 243 Å². The molecule has 0 aliphatic carbocycles. The number of hydrogen-bond acceptors (Lipinski definition) is 6. The molecule has 1 fully saturated rings. The predicted molar refractivity (Wildman–Crippen MR) is 161 cm³/mol. The monoisotopic (exact) mass is 626 g/mol. The molecule has 3 aromatic carbocycles. The molecular formula is C28H24BrClN4O2S2. The molecule has 4 aromatic rings. The van der Waals surface area contributed by atoms with Crippen molar-refractivity contribution in [3.05, 3.63) is 93.2 Å². The zero-order valence-electron chi connectivity index (χ0n) is 20.3. The maximum absolute atomic E-state index is 12.9. The van der Waals surface area contributed by atoms with Crippen LogP contribution in [0.2, 0.25) is 5.02 Å². The minimum Gasteiger partial charge on any atom is -0.368 e. The van der Waals surface area contributed by atoms with Gasteiger partial charge in [0.05, 0.1) is 17.0 Å². The number of halogens is 2. The lowest BCUT2D eigenvalue weighted by molar-refractivity contribution is -0.113. The number of thioether (sulfide) groups is 1. The van der Waals surface area contributed by atoms with Gasteiger partial charge in [-0.1, -0.05) is 47.6 Å². The minimum absolute atomic E-state index is 0.0482. The molecule has 10 heteroatoms. The molecule has 0 bridgehead atoms. The number of nitrogens with zero attached hydrogens (tertiary/aromatic N) is 3. The summed E-state index contributed by atoms with van der Waals surface area (Å²) < 4.78 is 1.66. The van der Waals surface area contributed by atoms with E-state index in [0.717, 1.165) is 44.5 Å². The van der Waals surface area contributed by atoms with E-state index in [1.165, 1.54) is 23.1 Å². The number of rotatable bonds is 7. The van der Waals surface area contributed by atoms with Crippen molar-refractivity contribution in [3.8, 4) is 11.3 Å². The van der Waals surface area contributed by atoms with Gasteiger partial charge < -0.3 is 15.1 Å². The van der Waals surface area contributed by atoms with Crippen molar-refractivity contribution in [2.45, 2.75) is 4.34 Å². The van der Waals surface area contributed by atoms with Gasteiger partial charge in [0.2, 0.25) is 5.91 Å². The zero-order chi connectivity index (χ0) is 26.5. The summed E-state index contributed by atoms with van der Waals surface area (Å²) in [6.07, 6.45) is 0. The number of nitrogens with one attached hydrogen (secondary N) is 1. The Bertz CT molecular complexity index is 1420. The van der Waals surface area contributed by atoms with E-state index in [4.69, 9.17) is 11.6 Å². The Morgan fingerprint density at radius 3 is 2.39 bits per heavy atom. The van der Waals surface area contributed by atoms with Crippen LogP contribution < -0.4 is 10.2 Å². The highest BCUT2D eigenvalue weighted by atomic mass is 79.9. The second-order valence-corrected chi connectivity index (χ2v) is 12.0. The van der Waals surface area contributed by atoms with Gasteiger partial charge in [-0.2, -0.15) is 0 Å². The quantitative estimate of drug-likeness (QED) is 0.226. The number of carbonyl (C=O) groups excluding carboxylic acids is 2. The van der Waals surface area contributed by atoms with E-state index in [0.29, 0.717) is 23.7 Å². The number of thiazole rings is 1. The van der Waals surface area contributed by atoms with Crippen LogP contribution in [0.15, 0.2) is 87.0 Å². The summed E-state index contributed by atoms with van der Waals surface area (Å²) in [7, 11) is 0. The molecule has 1 saturated heterocycles. The summed E-state index contributed by atoms with van der Waals surface area (Å²) >= 11 is 12.4. The number of aromatic nitrogens is 1. The van der Waals surface area contributed by atoms with Gasteiger partial charge in [0.1, 0.15) is 0 Å². The molecule has 0 saturated carbocycles. The van der Waals surface area contributed by atoms with Crippen LogP contribution >= 0.6 is 50.6 Å². The van der Waals surface area contributed by atoms with Crippen LogP contribution in [0.5, 0.6) is 0 Å². The Kier molecular flexibility index (Phi) is 8.68. The molecule has 1 N–H and O–H groups in total. The van der Waals surface area contributed by atoms with Gasteiger partial charge >= 0.3 is 0 Å². The molecule has 2 amide bonds. The molecule has 2 heterocycles. The summed E-state index contributed by atoms with van der Waals surface area (Å²) in [6, 6.07) is 22.9. The topological polar surface area (TPSA) is 65.5 Å². The third-order valence-corrected chi connectivity index (χ3v) is 9.10. The van der Waals surface area contributed by atoms with Crippen LogP contribution in [0.4, 0.5) is 11.4 Å². The van der Waals surface area contributed by atoms with Gasteiger partial charge in [0.25, 0.3) is 5.91 Å². The summed E-state index contributed by atoms with van der Waals surface area (Å²) in [4.78, 5) is 34.1. The minimum atomic E-state index is -0.0785. The fourth-order valence-electron chi connectivity index (χ4n) is 4.13. The molecule has 1 aliphatic rings. The normalized spacial score (nSPS) is 13.4. The van der Waals surface area contributed by atoms with Crippen molar-refractivity contribution in [2.24, 2.45) is 0 Å². The van der Waals surface area contributed by atoms with Crippen molar-refractivity contribution in [1.82, 2.24) is 9.88 Å². The molecule has 1 aliphatic heterocycles. The van der Waals surface area contributed by atoms with Gasteiger partial charge in [-0.15, -0.1) is 11.3 Å². The second kappa shape index (κ2) is 12.3. The van der Waals surface area contributed by atoms with E-state index in [1.54, 1.807) is 0 Å². The maximum Gasteiger partial charge on any atom is 0.255 e. The van der Waals surface area contributed by atoms with Gasteiger partial charge in [-0.25, -0.2) is 4.98 Å². The lowest BCUT2D eigenvalue weighted by Gasteiger charge is -2.36. The lowest BCUT2D eigenvalue weighted by atomic mass is 10.1. The number of hydrogen-bond donors (Lipinski definition) is 1. The second-order valence-electron chi connectivity index (χ2n) is 8.65. The van der Waals surface area contributed by atoms with E-state index < -0.39 is 0 Å². The Hall–Kier alpha value is -2.85. The van der Waals surface area contributed by atoms with E-state index in [9.17, 15) is 9.59 Å². The fraction of sp³-hybridized carbons (Fsp3) is 0.179. The van der Waals surface area contributed by atoms with Gasteiger partial charge in [-0.05, 0) is 64.5 Å². The van der Waals surface area contributed by atoms with E-state index in [-0.39, 0.29) is 17.6 Å². The first kappa shape index (κ1) is 26.7. The molecule has 0 atom stereocenters.